The zero-order valence-corrected chi connectivity index (χ0v) is 15.8. The molecular formula is C17H20N6O3S. The van der Waals surface area contributed by atoms with E-state index in [1.54, 1.807) is 31.2 Å². The van der Waals surface area contributed by atoms with Crippen LogP contribution in [0.4, 0.5) is 4.79 Å². The van der Waals surface area contributed by atoms with Gasteiger partial charge in [-0.15, -0.1) is 5.10 Å². The quantitative estimate of drug-likeness (QED) is 0.486. The Hall–Kier alpha value is -2.88. The van der Waals surface area contributed by atoms with Crippen LogP contribution in [0.15, 0.2) is 35.5 Å². The summed E-state index contributed by atoms with van der Waals surface area (Å²) < 4.78 is 0. The van der Waals surface area contributed by atoms with Crippen molar-refractivity contribution < 1.29 is 14.4 Å². The van der Waals surface area contributed by atoms with Gasteiger partial charge in [0, 0.05) is 6.42 Å². The number of rotatable bonds is 7. The number of hydrazine groups is 1. The summed E-state index contributed by atoms with van der Waals surface area (Å²) in [6.07, 6.45) is 1.07. The molecule has 0 spiro atoms. The summed E-state index contributed by atoms with van der Waals surface area (Å²) in [6, 6.07) is 8.32. The number of nitrogens with one attached hydrogen (secondary N) is 3. The maximum atomic E-state index is 12.9. The predicted octanol–water partition coefficient (Wildman–Crippen LogP) is 1.35. The number of amides is 4. The lowest BCUT2D eigenvalue weighted by Gasteiger charge is -2.25. The molecule has 3 rings (SSSR count). The molecule has 9 nitrogen and oxygen atoms in total. The molecule has 10 heteroatoms. The molecule has 3 N–H and O–H groups in total. The summed E-state index contributed by atoms with van der Waals surface area (Å²) in [5.41, 5.74) is 1.86. The number of aromatic amines is 1. The van der Waals surface area contributed by atoms with E-state index in [0.717, 1.165) is 22.6 Å². The third-order valence-electron chi connectivity index (χ3n) is 4.30. The fourth-order valence-corrected chi connectivity index (χ4v) is 3.44. The van der Waals surface area contributed by atoms with E-state index in [1.165, 1.54) is 0 Å². The number of urea groups is 1. The molecule has 2 heterocycles. The Morgan fingerprint density at radius 1 is 1.26 bits per heavy atom. The van der Waals surface area contributed by atoms with Crippen molar-refractivity contribution in [1.29, 1.82) is 0 Å². The first-order valence-corrected chi connectivity index (χ1v) is 9.54. The number of imide groups is 1. The van der Waals surface area contributed by atoms with Crippen LogP contribution in [0.25, 0.3) is 0 Å². The number of hydrogen-bond donors (Lipinski definition) is 3. The minimum Gasteiger partial charge on any atom is -0.318 e. The van der Waals surface area contributed by atoms with Gasteiger partial charge >= 0.3 is 6.03 Å². The Labute approximate surface area is 160 Å². The van der Waals surface area contributed by atoms with Crippen LogP contribution in [0.3, 0.4) is 0 Å². The van der Waals surface area contributed by atoms with Crippen LogP contribution >= 0.6 is 11.8 Å². The number of aryl methyl sites for hydroxylation is 1. The average Bonchev–Trinajstić information content (AvgIpc) is 3.25. The first-order valence-electron chi connectivity index (χ1n) is 8.56. The van der Waals surface area contributed by atoms with Gasteiger partial charge < -0.3 is 5.32 Å². The van der Waals surface area contributed by atoms with Crippen LogP contribution in [0.2, 0.25) is 0 Å². The van der Waals surface area contributed by atoms with E-state index in [1.807, 2.05) is 13.0 Å². The van der Waals surface area contributed by atoms with Gasteiger partial charge in [-0.1, -0.05) is 55.9 Å². The van der Waals surface area contributed by atoms with Crippen molar-refractivity contribution >= 4 is 29.6 Å². The molecule has 0 radical (unpaired) electrons. The monoisotopic (exact) mass is 388 g/mol. The van der Waals surface area contributed by atoms with E-state index >= 15 is 0 Å². The molecule has 1 aliphatic rings. The second-order valence-electron chi connectivity index (χ2n) is 5.94. The van der Waals surface area contributed by atoms with Crippen molar-refractivity contribution in [3.8, 4) is 0 Å². The van der Waals surface area contributed by atoms with Gasteiger partial charge in [0.2, 0.25) is 11.1 Å². The normalized spacial score (nSPS) is 19.3. The van der Waals surface area contributed by atoms with Gasteiger partial charge in [0.15, 0.2) is 0 Å². The van der Waals surface area contributed by atoms with Gasteiger partial charge in [-0.05, 0) is 12.0 Å². The van der Waals surface area contributed by atoms with E-state index in [9.17, 15) is 14.4 Å². The molecule has 1 fully saturated rings. The molecule has 4 amide bonds. The van der Waals surface area contributed by atoms with Crippen molar-refractivity contribution in [2.75, 3.05) is 5.75 Å². The van der Waals surface area contributed by atoms with E-state index < -0.39 is 23.4 Å². The summed E-state index contributed by atoms with van der Waals surface area (Å²) >= 11 is 1.12. The number of carbonyl (C=O) groups is 3. The summed E-state index contributed by atoms with van der Waals surface area (Å²) in [7, 11) is 0. The highest BCUT2D eigenvalue weighted by Crippen LogP contribution is 2.31. The lowest BCUT2D eigenvalue weighted by atomic mass is 9.87. The molecule has 1 aliphatic heterocycles. The van der Waals surface area contributed by atoms with Crippen molar-refractivity contribution in [3.63, 3.8) is 0 Å². The number of carbonyl (C=O) groups excluding carboxylic acids is 3. The van der Waals surface area contributed by atoms with Crippen LogP contribution in [-0.4, -0.2) is 43.8 Å². The number of H-pyrrole nitrogens is 1. The molecule has 1 unspecified atom stereocenters. The molecule has 1 saturated heterocycles. The molecule has 1 aromatic carbocycles. The summed E-state index contributed by atoms with van der Waals surface area (Å²) in [6.45, 7) is 3.74. The molecule has 0 aliphatic carbocycles. The summed E-state index contributed by atoms with van der Waals surface area (Å²) in [4.78, 5) is 41.6. The minimum atomic E-state index is -1.18. The van der Waals surface area contributed by atoms with Crippen molar-refractivity contribution in [1.82, 2.24) is 30.9 Å². The first-order chi connectivity index (χ1) is 13.0. The van der Waals surface area contributed by atoms with Gasteiger partial charge in [-0.3, -0.25) is 20.1 Å². The lowest BCUT2D eigenvalue weighted by Crippen LogP contribution is -2.49. The van der Waals surface area contributed by atoms with Crippen LogP contribution in [0, 0.1) is 0 Å². The fourth-order valence-electron chi connectivity index (χ4n) is 2.83. The topological polar surface area (TPSA) is 120 Å². The van der Waals surface area contributed by atoms with Crippen LogP contribution < -0.4 is 10.7 Å². The van der Waals surface area contributed by atoms with Crippen LogP contribution in [-0.2, 0) is 21.5 Å². The second kappa shape index (κ2) is 7.78. The van der Waals surface area contributed by atoms with Gasteiger partial charge in [0.1, 0.15) is 11.4 Å². The van der Waals surface area contributed by atoms with Gasteiger partial charge in [-0.25, -0.2) is 9.78 Å². The lowest BCUT2D eigenvalue weighted by molar-refractivity contribution is -0.138. The first kappa shape index (κ1) is 18.9. The second-order valence-corrected chi connectivity index (χ2v) is 6.88. The molecule has 27 heavy (non-hydrogen) atoms. The van der Waals surface area contributed by atoms with Crippen molar-refractivity contribution in [2.45, 2.75) is 37.4 Å². The van der Waals surface area contributed by atoms with Crippen molar-refractivity contribution in [2.24, 2.45) is 0 Å². The van der Waals surface area contributed by atoms with E-state index in [2.05, 4.69) is 25.9 Å². The van der Waals surface area contributed by atoms with Crippen molar-refractivity contribution in [3.05, 3.63) is 41.7 Å². The summed E-state index contributed by atoms with van der Waals surface area (Å²) in [5, 5.41) is 10.6. The highest BCUT2D eigenvalue weighted by molar-refractivity contribution is 7.99. The minimum absolute atomic E-state index is 0.0253. The highest BCUT2D eigenvalue weighted by Gasteiger charge is 2.52. The number of benzene rings is 1. The van der Waals surface area contributed by atoms with E-state index in [4.69, 9.17) is 0 Å². The molecular weight excluding hydrogens is 368 g/mol. The molecule has 0 bridgehead atoms. The standard InChI is InChI=1S/C17H20N6O3S/c1-3-12-18-15(21-20-12)27-10-13(24)22-23-14(25)17(4-2,19-16(23)26)11-8-6-5-7-9-11/h5-9H,3-4,10H2,1-2H3,(H,19,26)(H,22,24)(H,18,20,21). The zero-order valence-electron chi connectivity index (χ0n) is 15.0. The van der Waals surface area contributed by atoms with E-state index in [-0.39, 0.29) is 5.75 Å². The SMILES string of the molecule is CCc1nc(SCC(=O)NN2C(=O)NC(CC)(c3ccccc3)C2=O)n[nH]1. The van der Waals surface area contributed by atoms with Crippen LogP contribution in [0.1, 0.15) is 31.7 Å². The fraction of sp³-hybridized carbons (Fsp3) is 0.353. The summed E-state index contributed by atoms with van der Waals surface area (Å²) in [5.74, 6) is -0.303. The largest absolute Gasteiger partial charge is 0.344 e. The number of hydrogen-bond acceptors (Lipinski definition) is 6. The Morgan fingerprint density at radius 2 is 2.00 bits per heavy atom. The molecule has 2 aromatic rings. The third kappa shape index (κ3) is 3.65. The van der Waals surface area contributed by atoms with E-state index in [0.29, 0.717) is 23.6 Å². The molecule has 0 saturated carbocycles. The predicted molar refractivity (Wildman–Crippen MR) is 98.4 cm³/mol. The maximum absolute atomic E-state index is 12.9. The molecule has 142 valence electrons. The number of nitrogens with zero attached hydrogens (tertiary/aromatic N) is 3. The smallest absolute Gasteiger partial charge is 0.318 e. The van der Waals surface area contributed by atoms with Crippen LogP contribution in [0.5, 0.6) is 0 Å². The Balaban J connectivity index is 1.67. The Kier molecular flexibility index (Phi) is 5.45. The highest BCUT2D eigenvalue weighted by atomic mass is 32.2. The average molecular weight is 388 g/mol. The molecule has 1 atom stereocenters. The zero-order chi connectivity index (χ0) is 19.4. The molecule has 1 aromatic heterocycles. The maximum Gasteiger partial charge on any atom is 0.344 e. The third-order valence-corrected chi connectivity index (χ3v) is 5.15. The van der Waals surface area contributed by atoms with Gasteiger partial charge in [0.25, 0.3) is 5.91 Å². The number of aromatic nitrogens is 3. The Bertz CT molecular complexity index is 855. The Morgan fingerprint density at radius 3 is 2.63 bits per heavy atom. The van der Waals surface area contributed by atoms with Gasteiger partial charge in [0.05, 0.1) is 5.75 Å². The number of thioether (sulfide) groups is 1. The van der Waals surface area contributed by atoms with Gasteiger partial charge in [-0.2, -0.15) is 5.01 Å².